The fourth-order valence-electron chi connectivity index (χ4n) is 0.420. The van der Waals surface area contributed by atoms with Gasteiger partial charge in [0.1, 0.15) is 0 Å². The molecule has 0 N–H and O–H groups in total. The summed E-state index contributed by atoms with van der Waals surface area (Å²) in [6.07, 6.45) is 0. The third-order valence-electron chi connectivity index (χ3n) is 0.743. The van der Waals surface area contributed by atoms with Gasteiger partial charge >= 0.3 is 29.6 Å². The summed E-state index contributed by atoms with van der Waals surface area (Å²) in [6, 6.07) is 8.33. The van der Waals surface area contributed by atoms with E-state index >= 15 is 0 Å². The maximum atomic E-state index is 10.3. The molecule has 1 aromatic carbocycles. The second kappa shape index (κ2) is 3.96. The predicted molar refractivity (Wildman–Crippen MR) is 25.9 cm³/mol. The molecule has 0 saturated carbocycles. The van der Waals surface area contributed by atoms with Crippen LogP contribution in [0.4, 0.5) is 0 Å². The fraction of sp³-hybridized carbons (Fsp3) is 0. The smallest absolute Gasteiger partial charge is 0.872 e. The van der Waals surface area contributed by atoms with E-state index in [0.29, 0.717) is 0 Å². The molecule has 0 heterocycles. The first-order valence-electron chi connectivity index (χ1n) is 2.11. The molecule has 8 heavy (non-hydrogen) atoms. The molecule has 0 aliphatic rings. The average molecular weight is 118 g/mol. The van der Waals surface area contributed by atoms with Crippen molar-refractivity contribution in [2.24, 2.45) is 0 Å². The van der Waals surface area contributed by atoms with Crippen molar-refractivity contribution >= 4 is 0 Å². The van der Waals surface area contributed by atoms with Crippen molar-refractivity contribution in [3.8, 4) is 5.75 Å². The maximum Gasteiger partial charge on any atom is 1.00 e. The molecular formula is C6H5NaO. The molecule has 0 amide bonds. The van der Waals surface area contributed by atoms with Gasteiger partial charge in [0, 0.05) is 0 Å². The molecule has 0 spiro atoms. The topological polar surface area (TPSA) is 23.1 Å². The van der Waals surface area contributed by atoms with Crippen molar-refractivity contribution in [2.75, 3.05) is 0 Å². The average Bonchev–Trinajstić information content (AvgIpc) is 1.69. The second-order valence-corrected chi connectivity index (χ2v) is 1.31. The summed E-state index contributed by atoms with van der Waals surface area (Å²) in [5, 5.41) is 10.3. The first-order valence-corrected chi connectivity index (χ1v) is 2.11. The Hall–Kier alpha value is 0.0200. The van der Waals surface area contributed by atoms with Gasteiger partial charge in [0.15, 0.2) is 0 Å². The zero-order chi connectivity index (χ0) is 5.11. The fourth-order valence-corrected chi connectivity index (χ4v) is 0.420. The summed E-state index contributed by atoms with van der Waals surface area (Å²) in [7, 11) is 0. The van der Waals surface area contributed by atoms with E-state index in [0.717, 1.165) is 0 Å². The largest absolute Gasteiger partial charge is 1.00 e. The second-order valence-electron chi connectivity index (χ2n) is 1.31. The number of rotatable bonds is 0. The number of hydrogen-bond donors (Lipinski definition) is 0. The van der Waals surface area contributed by atoms with Crippen molar-refractivity contribution in [1.29, 1.82) is 0 Å². The van der Waals surface area contributed by atoms with Gasteiger partial charge < -0.3 is 5.11 Å². The van der Waals surface area contributed by atoms with E-state index in [-0.39, 0.29) is 35.3 Å². The molecule has 1 nitrogen and oxygen atoms in total. The Kier molecular flexibility index (Phi) is 3.97. The Morgan fingerprint density at radius 2 is 1.50 bits per heavy atom. The van der Waals surface area contributed by atoms with Crippen LogP contribution in [0.25, 0.3) is 0 Å². The zero-order valence-corrected chi connectivity index (χ0v) is 6.79. The van der Waals surface area contributed by atoms with Gasteiger partial charge in [0.2, 0.25) is 0 Å². The van der Waals surface area contributed by atoms with Crippen LogP contribution in [0.15, 0.2) is 30.3 Å². The molecule has 1 rings (SSSR count). The Bertz CT molecular complexity index is 138. The summed E-state index contributed by atoms with van der Waals surface area (Å²) in [5.41, 5.74) is 0. The molecule has 0 fully saturated rings. The summed E-state index contributed by atoms with van der Waals surface area (Å²) in [6.45, 7) is 0. The van der Waals surface area contributed by atoms with Crippen molar-refractivity contribution in [3.05, 3.63) is 30.3 Å². The van der Waals surface area contributed by atoms with Crippen molar-refractivity contribution in [2.45, 2.75) is 0 Å². The maximum absolute atomic E-state index is 10.3. The van der Waals surface area contributed by atoms with Crippen LogP contribution in [-0.2, 0) is 0 Å². The molecular weight excluding hydrogens is 113 g/mol. The monoisotopic (exact) mass is 118 g/mol. The first kappa shape index (κ1) is 8.02. The number of benzene rings is 1. The third-order valence-corrected chi connectivity index (χ3v) is 0.743. The van der Waals surface area contributed by atoms with E-state index < -0.39 is 0 Å². The molecule has 0 aliphatic carbocycles. The van der Waals surface area contributed by atoms with E-state index in [1.807, 2.05) is 6.07 Å². The first-order chi connectivity index (χ1) is 3.39. The van der Waals surface area contributed by atoms with E-state index in [4.69, 9.17) is 0 Å². The van der Waals surface area contributed by atoms with Crippen LogP contribution in [0.1, 0.15) is 0 Å². The molecule has 0 bridgehead atoms. The summed E-state index contributed by atoms with van der Waals surface area (Å²) in [4.78, 5) is 0. The van der Waals surface area contributed by atoms with Crippen LogP contribution in [0, 0.1) is 0 Å². The van der Waals surface area contributed by atoms with E-state index in [1.54, 1.807) is 12.1 Å². The van der Waals surface area contributed by atoms with Gasteiger partial charge in [0.25, 0.3) is 0 Å². The van der Waals surface area contributed by atoms with Crippen LogP contribution >= 0.6 is 0 Å². The van der Waals surface area contributed by atoms with Gasteiger partial charge in [-0.25, -0.2) is 0 Å². The summed E-state index contributed by atoms with van der Waals surface area (Å²) >= 11 is 0. The summed E-state index contributed by atoms with van der Waals surface area (Å²) < 4.78 is 0. The molecule has 0 radical (unpaired) electrons. The molecule has 0 aromatic heterocycles. The van der Waals surface area contributed by atoms with Gasteiger partial charge in [-0.1, -0.05) is 30.3 Å². The molecule has 0 unspecified atom stereocenters. The van der Waals surface area contributed by atoms with Gasteiger partial charge in [-0.2, -0.15) is 0 Å². The summed E-state index contributed by atoms with van der Waals surface area (Å²) in [5.74, 6) is 0.0718. The van der Waals surface area contributed by atoms with Crippen LogP contribution in [0.3, 0.4) is 0 Å². The Labute approximate surface area is 70.6 Å². The van der Waals surface area contributed by atoms with Crippen LogP contribution in [0.2, 0.25) is 0 Å². The zero-order valence-electron chi connectivity index (χ0n) is 4.79. The molecule has 0 aliphatic heterocycles. The Morgan fingerprint density at radius 1 is 1.00 bits per heavy atom. The van der Waals surface area contributed by atoms with Gasteiger partial charge in [-0.15, -0.1) is 5.75 Å². The van der Waals surface area contributed by atoms with Crippen LogP contribution < -0.4 is 34.7 Å². The van der Waals surface area contributed by atoms with Gasteiger partial charge in [-0.3, -0.25) is 0 Å². The van der Waals surface area contributed by atoms with Gasteiger partial charge in [-0.05, 0) is 0 Å². The normalized spacial score (nSPS) is 7.50. The van der Waals surface area contributed by atoms with Crippen LogP contribution in [0.5, 0.6) is 5.75 Å². The standard InChI is InChI=1S/C6H6O.Na/c7-6-4-2-1-3-5-6;/h1-5,7H;/q;+1/p-1/i7+2;. The molecule has 36 valence electrons. The molecule has 0 atom stereocenters. The molecule has 2 heteroatoms. The molecule has 1 aromatic rings. The van der Waals surface area contributed by atoms with E-state index in [9.17, 15) is 5.11 Å². The minimum atomic E-state index is 0. The van der Waals surface area contributed by atoms with Crippen LogP contribution in [-0.4, -0.2) is 0 Å². The minimum absolute atomic E-state index is 0. The van der Waals surface area contributed by atoms with Crippen molar-refractivity contribution in [1.82, 2.24) is 0 Å². The SMILES string of the molecule is [18O-]c1ccccc1.[Na+]. The molecule has 0 saturated heterocycles. The Balaban J connectivity index is 0.000000490. The minimum Gasteiger partial charge on any atom is -0.872 e. The van der Waals surface area contributed by atoms with Crippen molar-refractivity contribution in [3.63, 3.8) is 0 Å². The number of para-hydroxylation sites is 1. The Morgan fingerprint density at radius 3 is 1.75 bits per heavy atom. The van der Waals surface area contributed by atoms with Crippen molar-refractivity contribution < 1.29 is 34.7 Å². The van der Waals surface area contributed by atoms with E-state index in [2.05, 4.69) is 0 Å². The van der Waals surface area contributed by atoms with E-state index in [1.165, 1.54) is 12.1 Å². The quantitative estimate of drug-likeness (QED) is 0.279. The number of hydrogen-bond acceptors (Lipinski definition) is 1. The predicted octanol–water partition coefficient (Wildman–Crippen LogP) is -2.24. The third kappa shape index (κ3) is 2.36. The van der Waals surface area contributed by atoms with Gasteiger partial charge in [0.05, 0.1) is 0 Å².